The van der Waals surface area contributed by atoms with Crippen molar-refractivity contribution in [3.8, 4) is 0 Å². The molecule has 0 bridgehead atoms. The van der Waals surface area contributed by atoms with Crippen LogP contribution in [0.3, 0.4) is 0 Å². The molecule has 0 aromatic carbocycles. The zero-order valence-corrected chi connectivity index (χ0v) is 19.4. The molecule has 0 unspecified atom stereocenters. The summed E-state index contributed by atoms with van der Waals surface area (Å²) in [5, 5.41) is 0. The second-order valence-corrected chi connectivity index (χ2v) is 8.47. The van der Waals surface area contributed by atoms with Crippen molar-refractivity contribution in [1.29, 1.82) is 0 Å². The predicted molar refractivity (Wildman–Crippen MR) is 113 cm³/mol. The van der Waals surface area contributed by atoms with Gasteiger partial charge in [0.2, 0.25) is 5.91 Å². The monoisotopic (exact) mass is 392 g/mol. The van der Waals surface area contributed by atoms with E-state index >= 15 is 0 Å². The third-order valence-electron chi connectivity index (χ3n) is 4.42. The normalized spacial score (nSPS) is 10.7. The number of hydrogen-bond acceptors (Lipinski definition) is 1. The van der Waals surface area contributed by atoms with Gasteiger partial charge < -0.3 is 22.6 Å². The van der Waals surface area contributed by atoms with E-state index in [0.29, 0.717) is 6.42 Å². The van der Waals surface area contributed by atoms with Crippen LogP contribution >= 0.6 is 0 Å². The first-order chi connectivity index (χ1) is 11.8. The molecule has 0 aromatic rings. The number of quaternary nitrogens is 1. The van der Waals surface area contributed by atoms with E-state index in [1.54, 1.807) is 0 Å². The Morgan fingerprint density at radius 3 is 1.23 bits per heavy atom. The molecule has 0 aliphatic rings. The Balaban J connectivity index is -0.000000561. The molecule has 0 heterocycles. The van der Waals surface area contributed by atoms with Crippen molar-refractivity contribution in [2.45, 2.75) is 110 Å². The van der Waals surface area contributed by atoms with Crippen molar-refractivity contribution in [1.82, 2.24) is 0 Å². The van der Waals surface area contributed by atoms with Crippen LogP contribution in [0.25, 0.3) is 0 Å². The van der Waals surface area contributed by atoms with Crippen LogP contribution in [-0.4, -0.2) is 38.1 Å². The standard InChI is InChI=1S/C16H33NO.C6H16N.ClH/c1-2-3-4-5-6-7-8-9-10-11-12-13-14-15-16(17)18;1-5-6-7(2,3)4;/h2-15H2,1H3,(H2,17,18);5-6H2,1-4H3;1H/q;+1;/p-1. The maximum Gasteiger partial charge on any atom is 0.217 e. The number of unbranched alkanes of at least 4 members (excludes halogenated alkanes) is 12. The van der Waals surface area contributed by atoms with Gasteiger partial charge in [-0.1, -0.05) is 90.9 Å². The molecule has 0 aromatic heterocycles. The highest BCUT2D eigenvalue weighted by atomic mass is 35.5. The maximum atomic E-state index is 10.5. The molecule has 0 spiro atoms. The van der Waals surface area contributed by atoms with Crippen LogP contribution in [0.1, 0.15) is 110 Å². The third-order valence-corrected chi connectivity index (χ3v) is 4.42. The van der Waals surface area contributed by atoms with Gasteiger partial charge in [0, 0.05) is 6.42 Å². The van der Waals surface area contributed by atoms with Gasteiger partial charge >= 0.3 is 0 Å². The Hall–Kier alpha value is -0.280. The topological polar surface area (TPSA) is 43.1 Å². The van der Waals surface area contributed by atoms with Crippen LogP contribution in [0.4, 0.5) is 0 Å². The van der Waals surface area contributed by atoms with Crippen LogP contribution in [0.2, 0.25) is 0 Å². The zero-order chi connectivity index (χ0) is 19.4. The molecule has 0 fully saturated rings. The summed E-state index contributed by atoms with van der Waals surface area (Å²) in [5.74, 6) is -0.155. The Kier molecular flexibility index (Phi) is 26.7. The molecule has 3 nitrogen and oxygen atoms in total. The van der Waals surface area contributed by atoms with Gasteiger partial charge in [0.1, 0.15) is 0 Å². The minimum absolute atomic E-state index is 0. The SMILES string of the molecule is CCCCCCCCCCCCCCCC(N)=O.CCC[N+](C)(C)C.[Cl-]. The predicted octanol–water partition coefficient (Wildman–Crippen LogP) is 3.06. The second-order valence-electron chi connectivity index (χ2n) is 8.47. The molecule has 0 rings (SSSR count). The summed E-state index contributed by atoms with van der Waals surface area (Å²) in [5.41, 5.74) is 5.09. The molecule has 0 atom stereocenters. The Morgan fingerprint density at radius 1 is 0.654 bits per heavy atom. The van der Waals surface area contributed by atoms with E-state index in [2.05, 4.69) is 35.0 Å². The van der Waals surface area contributed by atoms with Gasteiger partial charge in [0.05, 0.1) is 27.7 Å². The van der Waals surface area contributed by atoms with Crippen molar-refractivity contribution in [2.75, 3.05) is 27.7 Å². The van der Waals surface area contributed by atoms with Crippen molar-refractivity contribution < 1.29 is 21.7 Å². The number of halogens is 1. The van der Waals surface area contributed by atoms with E-state index in [0.717, 1.165) is 10.9 Å². The minimum atomic E-state index is -0.155. The first kappa shape index (κ1) is 30.4. The average molecular weight is 393 g/mol. The van der Waals surface area contributed by atoms with Gasteiger partial charge in [-0.15, -0.1) is 0 Å². The molecule has 0 radical (unpaired) electrons. The fourth-order valence-corrected chi connectivity index (χ4v) is 2.99. The van der Waals surface area contributed by atoms with E-state index < -0.39 is 0 Å². The molecule has 0 saturated carbocycles. The van der Waals surface area contributed by atoms with E-state index in [1.165, 1.54) is 90.0 Å². The van der Waals surface area contributed by atoms with Crippen molar-refractivity contribution in [2.24, 2.45) is 5.73 Å². The highest BCUT2D eigenvalue weighted by Gasteiger charge is 2.01. The first-order valence-corrected chi connectivity index (χ1v) is 10.9. The van der Waals surface area contributed by atoms with E-state index in [9.17, 15) is 4.79 Å². The molecule has 26 heavy (non-hydrogen) atoms. The van der Waals surface area contributed by atoms with Gasteiger partial charge in [0.25, 0.3) is 0 Å². The highest BCUT2D eigenvalue weighted by Crippen LogP contribution is 2.12. The number of nitrogens with two attached hydrogens (primary N) is 1. The highest BCUT2D eigenvalue weighted by molar-refractivity contribution is 5.73. The van der Waals surface area contributed by atoms with E-state index in [1.807, 2.05) is 0 Å². The first-order valence-electron chi connectivity index (χ1n) is 10.9. The summed E-state index contributed by atoms with van der Waals surface area (Å²) in [7, 11) is 6.64. The smallest absolute Gasteiger partial charge is 0.217 e. The molecule has 2 N–H and O–H groups in total. The lowest BCUT2D eigenvalue weighted by atomic mass is 10.0. The Bertz CT molecular complexity index is 278. The van der Waals surface area contributed by atoms with Crippen LogP contribution in [0.15, 0.2) is 0 Å². The lowest BCUT2D eigenvalue weighted by Crippen LogP contribution is -3.00. The summed E-state index contributed by atoms with van der Waals surface area (Å²) in [6.45, 7) is 5.76. The number of carbonyl (C=O) groups is 1. The molecule has 0 aliphatic carbocycles. The maximum absolute atomic E-state index is 10.5. The Morgan fingerprint density at radius 2 is 1.00 bits per heavy atom. The molecule has 4 heteroatoms. The largest absolute Gasteiger partial charge is 1.00 e. The van der Waals surface area contributed by atoms with Gasteiger partial charge in [-0.25, -0.2) is 0 Å². The Labute approximate surface area is 171 Å². The number of rotatable bonds is 16. The summed E-state index contributed by atoms with van der Waals surface area (Å²) in [6, 6.07) is 0. The zero-order valence-electron chi connectivity index (χ0n) is 18.6. The third kappa shape index (κ3) is 34.9. The fourth-order valence-electron chi connectivity index (χ4n) is 2.99. The molecule has 160 valence electrons. The average Bonchev–Trinajstić information content (AvgIpc) is 2.51. The minimum Gasteiger partial charge on any atom is -1.00 e. The summed E-state index contributed by atoms with van der Waals surface area (Å²) >= 11 is 0. The quantitative estimate of drug-likeness (QED) is 0.318. The van der Waals surface area contributed by atoms with Gasteiger partial charge in [-0.3, -0.25) is 4.79 Å². The number of amides is 1. The number of primary amides is 1. The van der Waals surface area contributed by atoms with Crippen molar-refractivity contribution >= 4 is 5.91 Å². The van der Waals surface area contributed by atoms with E-state index in [4.69, 9.17) is 5.73 Å². The molecule has 0 aliphatic heterocycles. The van der Waals surface area contributed by atoms with Gasteiger partial charge in [-0.2, -0.15) is 0 Å². The van der Waals surface area contributed by atoms with Crippen molar-refractivity contribution in [3.63, 3.8) is 0 Å². The van der Waals surface area contributed by atoms with Crippen LogP contribution in [0, 0.1) is 0 Å². The fraction of sp³-hybridized carbons (Fsp3) is 0.955. The number of carbonyl (C=O) groups excluding carboxylic acids is 1. The van der Waals surface area contributed by atoms with Gasteiger partial charge in [0.15, 0.2) is 0 Å². The molecular weight excluding hydrogens is 344 g/mol. The summed E-state index contributed by atoms with van der Waals surface area (Å²) in [6.07, 6.45) is 19.2. The van der Waals surface area contributed by atoms with Crippen LogP contribution in [0.5, 0.6) is 0 Å². The van der Waals surface area contributed by atoms with Crippen molar-refractivity contribution in [3.05, 3.63) is 0 Å². The summed E-state index contributed by atoms with van der Waals surface area (Å²) < 4.78 is 1.09. The summed E-state index contributed by atoms with van der Waals surface area (Å²) in [4.78, 5) is 10.5. The van der Waals surface area contributed by atoms with Crippen LogP contribution in [-0.2, 0) is 4.79 Å². The number of nitrogens with zero attached hydrogens (tertiary/aromatic N) is 1. The number of hydrogen-bond donors (Lipinski definition) is 1. The second kappa shape index (κ2) is 22.8. The van der Waals surface area contributed by atoms with Gasteiger partial charge in [-0.05, 0) is 12.8 Å². The van der Waals surface area contributed by atoms with E-state index in [-0.39, 0.29) is 18.3 Å². The molecular formula is C22H49ClN2O. The molecule has 1 amide bonds. The lowest BCUT2D eigenvalue weighted by molar-refractivity contribution is -0.870. The van der Waals surface area contributed by atoms with Crippen LogP contribution < -0.4 is 18.1 Å². The lowest BCUT2D eigenvalue weighted by Gasteiger charge is -2.22. The molecule has 0 saturated heterocycles.